The molecule has 37 heavy (non-hydrogen) atoms. The highest BCUT2D eigenvalue weighted by Gasteiger charge is 2.42. The molecule has 1 aromatic carbocycles. The third-order valence-corrected chi connectivity index (χ3v) is 7.41. The molecule has 0 aliphatic carbocycles. The van der Waals surface area contributed by atoms with Crippen molar-refractivity contribution in [2.75, 3.05) is 26.2 Å². The van der Waals surface area contributed by atoms with Gasteiger partial charge in [0, 0.05) is 37.8 Å². The first kappa shape index (κ1) is 25.4. The van der Waals surface area contributed by atoms with Gasteiger partial charge in [0.1, 0.15) is 6.54 Å². The van der Waals surface area contributed by atoms with Crippen molar-refractivity contribution in [1.29, 1.82) is 0 Å². The van der Waals surface area contributed by atoms with Crippen molar-refractivity contribution >= 4 is 17.1 Å². The summed E-state index contributed by atoms with van der Waals surface area (Å²) in [5.41, 5.74) is 0.848. The molecule has 2 aliphatic rings. The van der Waals surface area contributed by atoms with Crippen LogP contribution in [0.2, 0.25) is 0 Å². The smallest absolute Gasteiger partial charge is 0.332 e. The highest BCUT2D eigenvalue weighted by atomic mass is 19.4. The summed E-state index contributed by atoms with van der Waals surface area (Å²) in [6, 6.07) is 6.20. The van der Waals surface area contributed by atoms with Crippen molar-refractivity contribution < 1.29 is 26.7 Å². The van der Waals surface area contributed by atoms with Crippen LogP contribution in [-0.2, 0) is 4.79 Å². The summed E-state index contributed by atoms with van der Waals surface area (Å²) in [5, 5.41) is 0. The summed E-state index contributed by atoms with van der Waals surface area (Å²) in [5.74, 6) is -3.59. The molecular formula is C25H26F5N5O2. The molecule has 0 bridgehead atoms. The number of rotatable bonds is 4. The van der Waals surface area contributed by atoms with E-state index in [0.29, 0.717) is 37.1 Å². The molecule has 2 fully saturated rings. The van der Waals surface area contributed by atoms with Gasteiger partial charge in [-0.15, -0.1) is 0 Å². The number of hydrogen-bond donors (Lipinski definition) is 1. The largest absolute Gasteiger partial charge is 0.406 e. The Morgan fingerprint density at radius 2 is 1.76 bits per heavy atom. The lowest BCUT2D eigenvalue weighted by Gasteiger charge is -2.38. The first-order valence-corrected chi connectivity index (χ1v) is 12.2. The number of piperidine rings is 1. The highest BCUT2D eigenvalue weighted by molar-refractivity contribution is 5.82. The second-order valence-corrected chi connectivity index (χ2v) is 9.71. The number of nitrogens with one attached hydrogen (secondary N) is 1. The summed E-state index contributed by atoms with van der Waals surface area (Å²) >= 11 is 0. The monoisotopic (exact) mass is 523 g/mol. The minimum Gasteiger partial charge on any atom is -0.332 e. The van der Waals surface area contributed by atoms with Crippen molar-refractivity contribution in [3.8, 4) is 0 Å². The second-order valence-electron chi connectivity index (χ2n) is 9.71. The lowest BCUT2D eigenvalue weighted by atomic mass is 9.92. The number of aromatic nitrogens is 3. The van der Waals surface area contributed by atoms with Gasteiger partial charge in [-0.05, 0) is 49.4 Å². The first-order valence-electron chi connectivity index (χ1n) is 12.2. The molecule has 2 atom stereocenters. The van der Waals surface area contributed by atoms with Crippen LogP contribution in [0.15, 0.2) is 41.3 Å². The Bertz CT molecular complexity index is 1350. The minimum atomic E-state index is -4.63. The Labute approximate surface area is 208 Å². The fraction of sp³-hybridized carbons (Fsp3) is 0.480. The van der Waals surface area contributed by atoms with Crippen LogP contribution in [0.3, 0.4) is 0 Å². The number of fused-ring (bicyclic) bond motifs is 1. The lowest BCUT2D eigenvalue weighted by Crippen LogP contribution is -2.52. The van der Waals surface area contributed by atoms with E-state index in [9.17, 15) is 31.5 Å². The molecule has 1 amide bonds. The predicted octanol–water partition coefficient (Wildman–Crippen LogP) is 3.98. The van der Waals surface area contributed by atoms with Crippen molar-refractivity contribution in [3.63, 3.8) is 0 Å². The zero-order valence-corrected chi connectivity index (χ0v) is 19.8. The van der Waals surface area contributed by atoms with Crippen LogP contribution in [0, 0.1) is 11.6 Å². The van der Waals surface area contributed by atoms with Gasteiger partial charge in [-0.25, -0.2) is 18.6 Å². The molecule has 2 aromatic heterocycles. The Morgan fingerprint density at radius 1 is 1.00 bits per heavy atom. The molecule has 2 aliphatic heterocycles. The lowest BCUT2D eigenvalue weighted by molar-refractivity contribution is -0.164. The molecule has 3 aromatic rings. The quantitative estimate of drug-likeness (QED) is 0.526. The van der Waals surface area contributed by atoms with E-state index < -0.39 is 42.2 Å². The number of benzene rings is 1. The van der Waals surface area contributed by atoms with E-state index in [0.717, 1.165) is 11.0 Å². The van der Waals surface area contributed by atoms with Crippen LogP contribution in [0.5, 0.6) is 0 Å². The fourth-order valence-corrected chi connectivity index (χ4v) is 5.70. The van der Waals surface area contributed by atoms with Crippen molar-refractivity contribution in [2.45, 2.75) is 49.9 Å². The molecule has 2 saturated heterocycles. The van der Waals surface area contributed by atoms with Gasteiger partial charge in [-0.1, -0.05) is 12.1 Å². The number of pyridine rings is 1. The number of alkyl halides is 3. The topological polar surface area (TPSA) is 74.2 Å². The molecule has 0 unspecified atom stereocenters. The van der Waals surface area contributed by atoms with Gasteiger partial charge in [0.25, 0.3) is 0 Å². The summed E-state index contributed by atoms with van der Waals surface area (Å²) in [7, 11) is 0. The number of carbonyl (C=O) groups excluding carboxylic acids is 1. The summed E-state index contributed by atoms with van der Waals surface area (Å²) < 4.78 is 70.1. The second kappa shape index (κ2) is 9.88. The van der Waals surface area contributed by atoms with Crippen LogP contribution in [0.1, 0.15) is 43.2 Å². The number of H-pyrrole nitrogens is 1. The van der Waals surface area contributed by atoms with Gasteiger partial charge in [-0.3, -0.25) is 19.2 Å². The number of nitrogens with zero attached hydrogens (tertiary/aromatic N) is 4. The van der Waals surface area contributed by atoms with E-state index in [1.54, 1.807) is 22.9 Å². The molecule has 5 rings (SSSR count). The van der Waals surface area contributed by atoms with Crippen LogP contribution in [0.25, 0.3) is 11.2 Å². The number of carbonyl (C=O) groups is 1. The van der Waals surface area contributed by atoms with Gasteiger partial charge in [0.2, 0.25) is 5.91 Å². The normalized spacial score (nSPS) is 22.5. The van der Waals surface area contributed by atoms with Crippen LogP contribution in [-0.4, -0.2) is 68.6 Å². The Morgan fingerprint density at radius 3 is 2.49 bits per heavy atom. The van der Waals surface area contributed by atoms with Gasteiger partial charge >= 0.3 is 11.9 Å². The Kier molecular flexibility index (Phi) is 6.78. The van der Waals surface area contributed by atoms with Gasteiger partial charge in [-0.2, -0.15) is 13.2 Å². The van der Waals surface area contributed by atoms with Crippen LogP contribution < -0.4 is 5.69 Å². The first-order chi connectivity index (χ1) is 17.6. The number of hydrogen-bond acceptors (Lipinski definition) is 4. The third-order valence-electron chi connectivity index (χ3n) is 7.41. The van der Waals surface area contributed by atoms with Gasteiger partial charge in [0.15, 0.2) is 17.3 Å². The van der Waals surface area contributed by atoms with E-state index in [4.69, 9.17) is 0 Å². The minimum absolute atomic E-state index is 0.0216. The summed E-state index contributed by atoms with van der Waals surface area (Å²) in [6.45, 7) is -0.994. The van der Waals surface area contributed by atoms with E-state index in [1.807, 2.05) is 4.90 Å². The number of imidazole rings is 1. The highest BCUT2D eigenvalue weighted by Crippen LogP contribution is 2.34. The Hall–Kier alpha value is -3.28. The number of halogens is 5. The van der Waals surface area contributed by atoms with Crippen LogP contribution >= 0.6 is 0 Å². The zero-order chi connectivity index (χ0) is 26.3. The SMILES string of the molecule is O=C1[C@H](N2CCC(n3c(=O)[nH]c4ncccc43)CC2)CC[C@@H](c2cccc(F)c2F)CN1CC(F)(F)F. The number of amides is 1. The standard InChI is InChI=1S/C25H26F5N5O2/c26-18-4-1-3-17(21(18)27)15-6-7-20(23(36)34(13-15)14-25(28,29)30)33-11-8-16(9-12-33)35-19-5-2-10-31-22(19)32-24(35)37/h1-5,10,15-16,20H,6-9,11-14H2,(H,31,32,37)/t15-,20-/m1/s1. The maximum atomic E-state index is 14.5. The van der Waals surface area contributed by atoms with Crippen molar-refractivity contribution in [2.24, 2.45) is 0 Å². The maximum Gasteiger partial charge on any atom is 0.406 e. The van der Waals surface area contributed by atoms with E-state index >= 15 is 0 Å². The molecule has 12 heteroatoms. The average Bonchev–Trinajstić information content (AvgIpc) is 3.11. The van der Waals surface area contributed by atoms with E-state index in [2.05, 4.69) is 9.97 Å². The zero-order valence-electron chi connectivity index (χ0n) is 19.8. The molecule has 198 valence electrons. The maximum absolute atomic E-state index is 14.5. The van der Waals surface area contributed by atoms with E-state index in [-0.39, 0.29) is 36.7 Å². The van der Waals surface area contributed by atoms with Gasteiger partial charge < -0.3 is 4.90 Å². The molecular weight excluding hydrogens is 497 g/mol. The number of aromatic amines is 1. The molecule has 0 spiro atoms. The third kappa shape index (κ3) is 5.11. The van der Waals surface area contributed by atoms with Gasteiger partial charge in [0.05, 0.1) is 11.6 Å². The van der Waals surface area contributed by atoms with E-state index in [1.165, 1.54) is 12.1 Å². The summed E-state index contributed by atoms with van der Waals surface area (Å²) in [4.78, 5) is 35.4. The average molecular weight is 524 g/mol. The van der Waals surface area contributed by atoms with Crippen molar-refractivity contribution in [1.82, 2.24) is 24.3 Å². The molecule has 0 radical (unpaired) electrons. The fourth-order valence-electron chi connectivity index (χ4n) is 5.70. The molecule has 1 N–H and O–H groups in total. The summed E-state index contributed by atoms with van der Waals surface area (Å²) in [6.07, 6.45) is -1.56. The predicted molar refractivity (Wildman–Crippen MR) is 125 cm³/mol. The molecule has 7 nitrogen and oxygen atoms in total. The Balaban J connectivity index is 1.36. The van der Waals surface area contributed by atoms with Crippen LogP contribution in [0.4, 0.5) is 22.0 Å². The number of likely N-dealkylation sites (tertiary alicyclic amines) is 2. The molecule has 0 saturated carbocycles. The molecule has 4 heterocycles. The van der Waals surface area contributed by atoms with Crippen molar-refractivity contribution in [3.05, 3.63) is 64.2 Å².